The van der Waals surface area contributed by atoms with Gasteiger partial charge in [0.05, 0.1) is 10.4 Å². The summed E-state index contributed by atoms with van der Waals surface area (Å²) in [5, 5.41) is 1.06. The fraction of sp³-hybridized carbons (Fsp3) is 0. The van der Waals surface area contributed by atoms with Gasteiger partial charge >= 0.3 is 0 Å². The van der Waals surface area contributed by atoms with Crippen LogP contribution in [-0.2, 0) is 0 Å². The molecule has 0 spiro atoms. The molecular weight excluding hydrogens is 446 g/mol. The van der Waals surface area contributed by atoms with Crippen molar-refractivity contribution in [3.8, 4) is 11.4 Å². The standard InChI is InChI=1S/C14H5Br2Cl2FN2/c15-6-1-2-7(9(17)5-6)14-20-12-10(19)4-3-8(16)11(12)13(18)21-14/h1-5H. The minimum absolute atomic E-state index is 0.151. The molecule has 0 fully saturated rings. The molecule has 0 aliphatic heterocycles. The second-order valence-corrected chi connectivity index (χ2v) is 6.75. The highest BCUT2D eigenvalue weighted by molar-refractivity contribution is 9.11. The van der Waals surface area contributed by atoms with E-state index in [-0.39, 0.29) is 16.5 Å². The Balaban J connectivity index is 2.33. The van der Waals surface area contributed by atoms with E-state index in [1.807, 2.05) is 0 Å². The zero-order chi connectivity index (χ0) is 15.1. The molecule has 0 radical (unpaired) electrons. The molecule has 2 nitrogen and oxygen atoms in total. The molecule has 7 heteroatoms. The van der Waals surface area contributed by atoms with Gasteiger partial charge in [-0.1, -0.05) is 39.1 Å². The topological polar surface area (TPSA) is 25.8 Å². The van der Waals surface area contributed by atoms with Gasteiger partial charge in [-0.25, -0.2) is 14.4 Å². The fourth-order valence-electron chi connectivity index (χ4n) is 1.92. The minimum atomic E-state index is -0.466. The molecule has 0 N–H and O–H groups in total. The largest absolute Gasteiger partial charge is 0.225 e. The molecule has 0 saturated carbocycles. The van der Waals surface area contributed by atoms with Crippen molar-refractivity contribution < 1.29 is 4.39 Å². The summed E-state index contributed by atoms with van der Waals surface area (Å²) in [5.41, 5.74) is 0.737. The van der Waals surface area contributed by atoms with Gasteiger partial charge in [0, 0.05) is 14.5 Å². The van der Waals surface area contributed by atoms with Crippen molar-refractivity contribution >= 4 is 66.0 Å². The van der Waals surface area contributed by atoms with Gasteiger partial charge in [0.15, 0.2) is 5.82 Å². The van der Waals surface area contributed by atoms with E-state index in [9.17, 15) is 4.39 Å². The normalized spacial score (nSPS) is 11.1. The first kappa shape index (κ1) is 15.2. The van der Waals surface area contributed by atoms with Crippen molar-refractivity contribution in [3.63, 3.8) is 0 Å². The zero-order valence-electron chi connectivity index (χ0n) is 10.2. The van der Waals surface area contributed by atoms with E-state index in [2.05, 4.69) is 41.8 Å². The molecule has 0 unspecified atom stereocenters. The van der Waals surface area contributed by atoms with Gasteiger partial charge < -0.3 is 0 Å². The number of hydrogen-bond acceptors (Lipinski definition) is 2. The van der Waals surface area contributed by atoms with Crippen LogP contribution in [-0.4, -0.2) is 9.97 Å². The molecule has 0 aliphatic rings. The Morgan fingerprint density at radius 2 is 1.76 bits per heavy atom. The third-order valence-electron chi connectivity index (χ3n) is 2.88. The minimum Gasteiger partial charge on any atom is -0.225 e. The number of fused-ring (bicyclic) bond motifs is 1. The smallest absolute Gasteiger partial charge is 0.163 e. The van der Waals surface area contributed by atoms with Gasteiger partial charge in [-0.05, 0) is 46.3 Å². The third-order valence-corrected chi connectivity index (χ3v) is 4.62. The molecule has 0 aliphatic carbocycles. The van der Waals surface area contributed by atoms with Crippen LogP contribution in [0.3, 0.4) is 0 Å². The van der Waals surface area contributed by atoms with E-state index in [4.69, 9.17) is 23.2 Å². The van der Waals surface area contributed by atoms with Crippen LogP contribution < -0.4 is 0 Å². The zero-order valence-corrected chi connectivity index (χ0v) is 14.9. The van der Waals surface area contributed by atoms with Crippen LogP contribution in [0.5, 0.6) is 0 Å². The van der Waals surface area contributed by atoms with Crippen molar-refractivity contribution in [1.29, 1.82) is 0 Å². The lowest BCUT2D eigenvalue weighted by Gasteiger charge is -2.08. The SMILES string of the molecule is Fc1ccc(Br)c2c(Cl)nc(-c3ccc(Br)cc3Cl)nc12. The summed E-state index contributed by atoms with van der Waals surface area (Å²) in [4.78, 5) is 8.48. The predicted molar refractivity (Wildman–Crippen MR) is 90.4 cm³/mol. The van der Waals surface area contributed by atoms with Crippen LogP contribution in [0.1, 0.15) is 0 Å². The molecule has 21 heavy (non-hydrogen) atoms. The third kappa shape index (κ3) is 2.80. The Labute approximate surface area is 146 Å². The van der Waals surface area contributed by atoms with Crippen molar-refractivity contribution in [1.82, 2.24) is 9.97 Å². The molecule has 2 aromatic carbocycles. The highest BCUT2D eigenvalue weighted by atomic mass is 79.9. The summed E-state index contributed by atoms with van der Waals surface area (Å²) >= 11 is 19.0. The summed E-state index contributed by atoms with van der Waals surface area (Å²) < 4.78 is 15.5. The van der Waals surface area contributed by atoms with Gasteiger partial charge in [-0.3, -0.25) is 0 Å². The van der Waals surface area contributed by atoms with Gasteiger partial charge in [0.2, 0.25) is 0 Å². The van der Waals surface area contributed by atoms with Gasteiger partial charge in [-0.2, -0.15) is 0 Å². The van der Waals surface area contributed by atoms with Crippen molar-refractivity contribution in [2.75, 3.05) is 0 Å². The van der Waals surface area contributed by atoms with E-state index in [0.717, 1.165) is 4.47 Å². The number of benzene rings is 2. The maximum absolute atomic E-state index is 14.0. The number of rotatable bonds is 1. The Morgan fingerprint density at radius 1 is 1.00 bits per heavy atom. The highest BCUT2D eigenvalue weighted by Crippen LogP contribution is 2.34. The molecule has 0 amide bonds. The van der Waals surface area contributed by atoms with Gasteiger partial charge in [0.25, 0.3) is 0 Å². The first-order valence-corrected chi connectivity index (χ1v) is 8.08. The first-order valence-electron chi connectivity index (χ1n) is 5.74. The highest BCUT2D eigenvalue weighted by Gasteiger charge is 2.15. The Kier molecular flexibility index (Phi) is 4.19. The van der Waals surface area contributed by atoms with Crippen LogP contribution in [0.4, 0.5) is 4.39 Å². The molecule has 0 bridgehead atoms. The molecule has 0 atom stereocenters. The predicted octanol–water partition coefficient (Wildman–Crippen LogP) is 6.27. The summed E-state index contributed by atoms with van der Waals surface area (Å²) in [6.07, 6.45) is 0. The van der Waals surface area contributed by atoms with Crippen molar-refractivity contribution in [2.24, 2.45) is 0 Å². The van der Waals surface area contributed by atoms with Gasteiger partial charge in [0.1, 0.15) is 16.5 Å². The van der Waals surface area contributed by atoms with Crippen LogP contribution in [0.15, 0.2) is 39.3 Å². The average Bonchev–Trinajstić information content (AvgIpc) is 2.42. The van der Waals surface area contributed by atoms with E-state index < -0.39 is 5.82 Å². The van der Waals surface area contributed by atoms with Crippen LogP contribution in [0.2, 0.25) is 10.2 Å². The summed E-state index contributed by atoms with van der Waals surface area (Å²) in [5.74, 6) is -0.186. The van der Waals surface area contributed by atoms with E-state index in [0.29, 0.717) is 20.4 Å². The lowest BCUT2D eigenvalue weighted by atomic mass is 10.2. The van der Waals surface area contributed by atoms with Crippen molar-refractivity contribution in [3.05, 3.63) is 55.3 Å². The summed E-state index contributed by atoms with van der Waals surface area (Å²) in [6, 6.07) is 8.16. The molecule has 3 rings (SSSR count). The maximum Gasteiger partial charge on any atom is 0.163 e. The molecule has 1 aromatic heterocycles. The van der Waals surface area contributed by atoms with E-state index in [1.54, 1.807) is 24.3 Å². The summed E-state index contributed by atoms with van der Waals surface area (Å²) in [6.45, 7) is 0. The average molecular weight is 451 g/mol. The summed E-state index contributed by atoms with van der Waals surface area (Å²) in [7, 11) is 0. The lowest BCUT2D eigenvalue weighted by molar-refractivity contribution is 0.636. The van der Waals surface area contributed by atoms with Crippen LogP contribution >= 0.6 is 55.1 Å². The molecular formula is C14H5Br2Cl2FN2. The Bertz CT molecular complexity index is 871. The maximum atomic E-state index is 14.0. The Morgan fingerprint density at radius 3 is 2.48 bits per heavy atom. The molecule has 0 saturated heterocycles. The molecule has 3 aromatic rings. The van der Waals surface area contributed by atoms with Crippen LogP contribution in [0.25, 0.3) is 22.3 Å². The number of hydrogen-bond donors (Lipinski definition) is 0. The number of halogens is 5. The first-order chi connectivity index (χ1) is 9.97. The van der Waals surface area contributed by atoms with Crippen molar-refractivity contribution in [2.45, 2.75) is 0 Å². The quantitative estimate of drug-likeness (QED) is 0.408. The lowest BCUT2D eigenvalue weighted by Crippen LogP contribution is -1.95. The Hall–Kier alpha value is -0.750. The molecule has 1 heterocycles. The van der Waals surface area contributed by atoms with Crippen LogP contribution in [0, 0.1) is 5.82 Å². The number of nitrogens with zero attached hydrogens (tertiary/aromatic N) is 2. The monoisotopic (exact) mass is 448 g/mol. The molecule has 106 valence electrons. The second-order valence-electron chi connectivity index (χ2n) is 4.22. The van der Waals surface area contributed by atoms with Gasteiger partial charge in [-0.15, -0.1) is 0 Å². The second kappa shape index (κ2) is 5.80. The van der Waals surface area contributed by atoms with E-state index in [1.165, 1.54) is 6.07 Å². The number of aromatic nitrogens is 2. The fourth-order valence-corrected chi connectivity index (χ4v) is 3.57. The van der Waals surface area contributed by atoms with E-state index >= 15 is 0 Å².